The van der Waals surface area contributed by atoms with Crippen LogP contribution < -0.4 is 4.90 Å². The minimum absolute atomic E-state index is 0.222. The fourth-order valence-corrected chi connectivity index (χ4v) is 1.50. The van der Waals surface area contributed by atoms with Crippen LogP contribution in [0.1, 0.15) is 33.6 Å². The summed E-state index contributed by atoms with van der Waals surface area (Å²) in [6, 6.07) is 1.95. The number of amides is 1. The van der Waals surface area contributed by atoms with Crippen LogP contribution in [-0.2, 0) is 4.74 Å². The lowest BCUT2D eigenvalue weighted by Gasteiger charge is -2.26. The van der Waals surface area contributed by atoms with Gasteiger partial charge in [0, 0.05) is 12.2 Å². The fraction of sp³-hybridized carbons (Fsp3) is 0.583. The summed E-state index contributed by atoms with van der Waals surface area (Å²) >= 11 is 0. The van der Waals surface area contributed by atoms with Crippen molar-refractivity contribution in [1.29, 1.82) is 0 Å². The number of nitrogens with zero attached hydrogens (tertiary/aromatic N) is 3. The first-order valence-corrected chi connectivity index (χ1v) is 5.75. The molecule has 1 fully saturated rings. The number of carbonyl (C=O) groups excluding carboxylic acids is 1. The van der Waals surface area contributed by atoms with E-state index in [1.54, 1.807) is 17.2 Å². The standard InChI is InChI=1S/C12H17N3O2/c1-12(2,3)17-11(16)15(9-4-5-9)10-6-7-13-8-14-10/h6-9H,4-5H2,1-3H3. The SMILES string of the molecule is CC(C)(C)OC(=O)N(c1ccncn1)C1CC1. The summed E-state index contributed by atoms with van der Waals surface area (Å²) in [5.74, 6) is 0.608. The van der Waals surface area contributed by atoms with E-state index in [-0.39, 0.29) is 12.1 Å². The van der Waals surface area contributed by atoms with Crippen molar-refractivity contribution in [2.75, 3.05) is 4.90 Å². The van der Waals surface area contributed by atoms with Gasteiger partial charge in [0.15, 0.2) is 0 Å². The van der Waals surface area contributed by atoms with Gasteiger partial charge in [-0.05, 0) is 39.7 Å². The molecule has 5 heteroatoms. The molecule has 92 valence electrons. The van der Waals surface area contributed by atoms with E-state index in [9.17, 15) is 4.79 Å². The zero-order valence-corrected chi connectivity index (χ0v) is 10.4. The van der Waals surface area contributed by atoms with Gasteiger partial charge in [0.25, 0.3) is 0 Å². The van der Waals surface area contributed by atoms with Crippen LogP contribution in [0.25, 0.3) is 0 Å². The first-order chi connectivity index (χ1) is 7.97. The maximum Gasteiger partial charge on any atom is 0.416 e. The molecule has 1 aliphatic carbocycles. The molecule has 2 rings (SSSR count). The molecule has 17 heavy (non-hydrogen) atoms. The second kappa shape index (κ2) is 4.31. The van der Waals surface area contributed by atoms with Gasteiger partial charge in [-0.1, -0.05) is 0 Å². The van der Waals surface area contributed by atoms with E-state index in [4.69, 9.17) is 4.74 Å². The molecule has 0 saturated heterocycles. The van der Waals surface area contributed by atoms with E-state index < -0.39 is 5.60 Å². The van der Waals surface area contributed by atoms with E-state index >= 15 is 0 Å². The second-order valence-corrected chi connectivity index (χ2v) is 5.15. The second-order valence-electron chi connectivity index (χ2n) is 5.15. The molecule has 0 bridgehead atoms. The predicted molar refractivity (Wildman–Crippen MR) is 63.8 cm³/mol. The Morgan fingerprint density at radius 3 is 2.65 bits per heavy atom. The minimum atomic E-state index is -0.489. The molecule has 1 aromatic rings. The van der Waals surface area contributed by atoms with E-state index in [0.29, 0.717) is 5.82 Å². The highest BCUT2D eigenvalue weighted by molar-refractivity contribution is 5.87. The van der Waals surface area contributed by atoms with Crippen molar-refractivity contribution >= 4 is 11.9 Å². The molecule has 5 nitrogen and oxygen atoms in total. The zero-order valence-electron chi connectivity index (χ0n) is 10.4. The summed E-state index contributed by atoms with van der Waals surface area (Å²) in [4.78, 5) is 21.7. The molecule has 1 aromatic heterocycles. The molecule has 0 aliphatic heterocycles. The number of anilines is 1. The molecule has 1 saturated carbocycles. The lowest BCUT2D eigenvalue weighted by atomic mass is 10.2. The lowest BCUT2D eigenvalue weighted by Crippen LogP contribution is -2.38. The third-order valence-electron chi connectivity index (χ3n) is 2.32. The minimum Gasteiger partial charge on any atom is -0.443 e. The largest absolute Gasteiger partial charge is 0.443 e. The maximum atomic E-state index is 12.1. The number of aromatic nitrogens is 2. The van der Waals surface area contributed by atoms with E-state index in [2.05, 4.69) is 9.97 Å². The topological polar surface area (TPSA) is 55.3 Å². The molecular weight excluding hydrogens is 218 g/mol. The first-order valence-electron chi connectivity index (χ1n) is 5.75. The summed E-state index contributed by atoms with van der Waals surface area (Å²) in [5.41, 5.74) is -0.489. The Balaban J connectivity index is 2.16. The molecule has 0 radical (unpaired) electrons. The van der Waals surface area contributed by atoms with Crippen LogP contribution in [0.5, 0.6) is 0 Å². The normalized spacial score (nSPS) is 15.5. The van der Waals surface area contributed by atoms with Crippen LogP contribution in [0.15, 0.2) is 18.6 Å². The Bertz CT molecular complexity index is 396. The molecule has 1 amide bonds. The average Bonchev–Trinajstić information content (AvgIpc) is 3.01. The number of rotatable bonds is 2. The first kappa shape index (κ1) is 11.8. The van der Waals surface area contributed by atoms with Crippen molar-refractivity contribution in [3.8, 4) is 0 Å². The fourth-order valence-electron chi connectivity index (χ4n) is 1.50. The van der Waals surface area contributed by atoms with Crippen molar-refractivity contribution in [2.45, 2.75) is 45.3 Å². The molecule has 1 aliphatic rings. The highest BCUT2D eigenvalue weighted by atomic mass is 16.6. The van der Waals surface area contributed by atoms with Crippen LogP contribution in [0, 0.1) is 0 Å². The van der Waals surface area contributed by atoms with Crippen molar-refractivity contribution in [3.63, 3.8) is 0 Å². The molecule has 0 aromatic carbocycles. The summed E-state index contributed by atoms with van der Waals surface area (Å²) in [6.45, 7) is 5.57. The number of carbonyl (C=O) groups is 1. The lowest BCUT2D eigenvalue weighted by molar-refractivity contribution is 0.0576. The molecule has 0 unspecified atom stereocenters. The summed E-state index contributed by atoms with van der Waals surface area (Å²) in [5, 5.41) is 0. The van der Waals surface area contributed by atoms with Crippen LogP contribution >= 0.6 is 0 Å². The van der Waals surface area contributed by atoms with Crippen molar-refractivity contribution < 1.29 is 9.53 Å². The average molecular weight is 235 g/mol. The molecular formula is C12H17N3O2. The molecule has 0 spiro atoms. The summed E-state index contributed by atoms with van der Waals surface area (Å²) < 4.78 is 5.38. The Morgan fingerprint density at radius 2 is 2.18 bits per heavy atom. The van der Waals surface area contributed by atoms with Crippen LogP contribution in [-0.4, -0.2) is 27.7 Å². The Hall–Kier alpha value is -1.65. The van der Waals surface area contributed by atoms with Crippen molar-refractivity contribution in [2.24, 2.45) is 0 Å². The Kier molecular flexibility index (Phi) is 3.00. The highest BCUT2D eigenvalue weighted by Gasteiger charge is 2.37. The molecule has 0 atom stereocenters. The quantitative estimate of drug-likeness (QED) is 0.789. The Labute approximate surface area is 101 Å². The van der Waals surface area contributed by atoms with Gasteiger partial charge in [-0.3, -0.25) is 4.90 Å². The van der Waals surface area contributed by atoms with Gasteiger partial charge in [0.05, 0.1) is 0 Å². The van der Waals surface area contributed by atoms with Crippen molar-refractivity contribution in [1.82, 2.24) is 9.97 Å². The molecule has 0 N–H and O–H groups in total. The van der Waals surface area contributed by atoms with Crippen LogP contribution in [0.3, 0.4) is 0 Å². The van der Waals surface area contributed by atoms with Gasteiger partial charge >= 0.3 is 6.09 Å². The van der Waals surface area contributed by atoms with Crippen LogP contribution in [0.4, 0.5) is 10.6 Å². The van der Waals surface area contributed by atoms with Gasteiger partial charge < -0.3 is 4.74 Å². The van der Waals surface area contributed by atoms with Gasteiger partial charge in [-0.15, -0.1) is 0 Å². The highest BCUT2D eigenvalue weighted by Crippen LogP contribution is 2.31. The van der Waals surface area contributed by atoms with Gasteiger partial charge in [-0.25, -0.2) is 14.8 Å². The smallest absolute Gasteiger partial charge is 0.416 e. The zero-order chi connectivity index (χ0) is 12.5. The summed E-state index contributed by atoms with van der Waals surface area (Å²) in [7, 11) is 0. The predicted octanol–water partition coefficient (Wildman–Crippen LogP) is 2.38. The van der Waals surface area contributed by atoms with E-state index in [1.165, 1.54) is 6.33 Å². The summed E-state index contributed by atoms with van der Waals surface area (Å²) in [6.07, 6.45) is 4.74. The van der Waals surface area contributed by atoms with Crippen LogP contribution in [0.2, 0.25) is 0 Å². The van der Waals surface area contributed by atoms with Gasteiger partial charge in [0.2, 0.25) is 0 Å². The van der Waals surface area contributed by atoms with E-state index in [1.807, 2.05) is 20.8 Å². The molecule has 1 heterocycles. The van der Waals surface area contributed by atoms with E-state index in [0.717, 1.165) is 12.8 Å². The maximum absolute atomic E-state index is 12.1. The number of hydrogen-bond acceptors (Lipinski definition) is 4. The third-order valence-corrected chi connectivity index (χ3v) is 2.32. The van der Waals surface area contributed by atoms with Gasteiger partial charge in [0.1, 0.15) is 17.7 Å². The number of hydrogen-bond donors (Lipinski definition) is 0. The van der Waals surface area contributed by atoms with Crippen molar-refractivity contribution in [3.05, 3.63) is 18.6 Å². The Morgan fingerprint density at radius 1 is 1.47 bits per heavy atom. The third kappa shape index (κ3) is 3.15. The number of ether oxygens (including phenoxy) is 1. The monoisotopic (exact) mass is 235 g/mol. The van der Waals surface area contributed by atoms with Gasteiger partial charge in [-0.2, -0.15) is 0 Å².